The van der Waals surface area contributed by atoms with Gasteiger partial charge in [-0.25, -0.2) is 8.42 Å². The summed E-state index contributed by atoms with van der Waals surface area (Å²) in [7, 11) is -3.70. The molecule has 0 atom stereocenters. The minimum Gasteiger partial charge on any atom is -0.336 e. The summed E-state index contributed by atoms with van der Waals surface area (Å²) >= 11 is 6.07. The van der Waals surface area contributed by atoms with Crippen LogP contribution in [0.25, 0.3) is 21.9 Å². The van der Waals surface area contributed by atoms with Crippen molar-refractivity contribution in [1.82, 2.24) is 14.2 Å². The second kappa shape index (κ2) is 9.18. The van der Waals surface area contributed by atoms with Gasteiger partial charge in [0.15, 0.2) is 0 Å². The monoisotopic (exact) mass is 491 g/mol. The topological polar surface area (TPSA) is 70.6 Å². The fourth-order valence-electron chi connectivity index (χ4n) is 4.25. The van der Waals surface area contributed by atoms with Crippen LogP contribution in [0.1, 0.15) is 10.4 Å². The Balaban J connectivity index is 1.29. The number of sulfonamides is 1. The number of carbonyl (C=O) groups is 1. The van der Waals surface area contributed by atoms with Crippen molar-refractivity contribution in [2.75, 3.05) is 26.2 Å². The number of rotatable bonds is 4. The molecule has 172 valence electrons. The van der Waals surface area contributed by atoms with Crippen molar-refractivity contribution < 1.29 is 13.2 Å². The number of piperazine rings is 1. The molecule has 0 radical (unpaired) electrons. The van der Waals surface area contributed by atoms with Crippen molar-refractivity contribution in [3.05, 3.63) is 95.8 Å². The SMILES string of the molecule is O=C(c1ccc(-c2ccncc2)cc1)N1CCN(S(=O)(=O)c2cccc3cc(Cl)ccc23)CC1. The molecule has 1 amide bonds. The van der Waals surface area contributed by atoms with E-state index in [0.29, 0.717) is 29.1 Å². The average Bonchev–Trinajstić information content (AvgIpc) is 2.88. The van der Waals surface area contributed by atoms with E-state index in [2.05, 4.69) is 4.98 Å². The lowest BCUT2D eigenvalue weighted by atomic mass is 10.0. The van der Waals surface area contributed by atoms with Crippen LogP contribution in [0.4, 0.5) is 0 Å². The van der Waals surface area contributed by atoms with Crippen molar-refractivity contribution in [3.8, 4) is 11.1 Å². The first-order valence-electron chi connectivity index (χ1n) is 10.9. The molecule has 5 rings (SSSR count). The minimum absolute atomic E-state index is 0.0990. The maximum Gasteiger partial charge on any atom is 0.253 e. The Hall–Kier alpha value is -3.26. The summed E-state index contributed by atoms with van der Waals surface area (Å²) in [4.78, 5) is 19.0. The van der Waals surface area contributed by atoms with Crippen LogP contribution in [0, 0.1) is 0 Å². The first-order valence-corrected chi connectivity index (χ1v) is 12.7. The van der Waals surface area contributed by atoms with Gasteiger partial charge in [0.2, 0.25) is 10.0 Å². The molecular formula is C26H22ClN3O3S. The molecule has 1 fully saturated rings. The number of hydrogen-bond acceptors (Lipinski definition) is 4. The number of hydrogen-bond donors (Lipinski definition) is 0. The van der Waals surface area contributed by atoms with Crippen LogP contribution >= 0.6 is 11.6 Å². The van der Waals surface area contributed by atoms with E-state index >= 15 is 0 Å². The van der Waals surface area contributed by atoms with E-state index in [-0.39, 0.29) is 23.9 Å². The quantitative estimate of drug-likeness (QED) is 0.415. The van der Waals surface area contributed by atoms with Crippen molar-refractivity contribution in [3.63, 3.8) is 0 Å². The second-order valence-electron chi connectivity index (χ2n) is 8.13. The number of amides is 1. The van der Waals surface area contributed by atoms with Crippen LogP contribution in [-0.4, -0.2) is 54.7 Å². The van der Waals surface area contributed by atoms with Gasteiger partial charge in [-0.2, -0.15) is 4.31 Å². The highest BCUT2D eigenvalue weighted by Gasteiger charge is 2.31. The Morgan fingerprint density at radius 2 is 1.50 bits per heavy atom. The van der Waals surface area contributed by atoms with Crippen molar-refractivity contribution >= 4 is 38.3 Å². The molecule has 0 N–H and O–H groups in total. The van der Waals surface area contributed by atoms with Crippen molar-refractivity contribution in [2.24, 2.45) is 0 Å². The van der Waals surface area contributed by atoms with Gasteiger partial charge in [0.1, 0.15) is 0 Å². The van der Waals surface area contributed by atoms with Gasteiger partial charge >= 0.3 is 0 Å². The average molecular weight is 492 g/mol. The van der Waals surface area contributed by atoms with E-state index in [1.165, 1.54) is 4.31 Å². The molecule has 4 aromatic rings. The molecule has 0 spiro atoms. The van der Waals surface area contributed by atoms with Crippen LogP contribution < -0.4 is 0 Å². The molecule has 2 heterocycles. The third-order valence-electron chi connectivity index (χ3n) is 6.09. The van der Waals surface area contributed by atoms with E-state index < -0.39 is 10.0 Å². The number of nitrogens with zero attached hydrogens (tertiary/aromatic N) is 3. The third-order valence-corrected chi connectivity index (χ3v) is 8.28. The predicted octanol–water partition coefficient (Wildman–Crippen LogP) is 4.70. The summed E-state index contributed by atoms with van der Waals surface area (Å²) in [5.74, 6) is -0.0990. The van der Waals surface area contributed by atoms with Crippen LogP contribution in [-0.2, 0) is 10.0 Å². The first kappa shape index (κ1) is 22.5. The standard InChI is InChI=1S/C26H22ClN3O3S/c27-23-8-9-24-22(18-23)2-1-3-25(24)34(32,33)30-16-14-29(15-17-30)26(31)21-6-4-19(5-7-21)20-10-12-28-13-11-20/h1-13,18H,14-17H2. The Labute approximate surface area is 203 Å². The zero-order valence-electron chi connectivity index (χ0n) is 18.3. The maximum atomic E-state index is 13.4. The molecule has 1 saturated heterocycles. The molecule has 1 aliphatic heterocycles. The van der Waals surface area contributed by atoms with Crippen molar-refractivity contribution in [1.29, 1.82) is 0 Å². The van der Waals surface area contributed by atoms with Crippen LogP contribution in [0.15, 0.2) is 90.1 Å². The number of carbonyl (C=O) groups excluding carboxylic acids is 1. The van der Waals surface area contributed by atoms with E-state index in [4.69, 9.17) is 11.6 Å². The zero-order valence-corrected chi connectivity index (χ0v) is 19.8. The van der Waals surface area contributed by atoms with Crippen LogP contribution in [0.5, 0.6) is 0 Å². The highest BCUT2D eigenvalue weighted by molar-refractivity contribution is 7.89. The summed E-state index contributed by atoms with van der Waals surface area (Å²) in [5.41, 5.74) is 2.62. The second-order valence-corrected chi connectivity index (χ2v) is 10.5. The summed E-state index contributed by atoms with van der Waals surface area (Å²) in [6, 6.07) is 21.6. The van der Waals surface area contributed by atoms with Gasteiger partial charge in [0.25, 0.3) is 5.91 Å². The summed E-state index contributed by atoms with van der Waals surface area (Å²) < 4.78 is 28.2. The van der Waals surface area contributed by atoms with E-state index in [1.54, 1.807) is 47.6 Å². The van der Waals surface area contributed by atoms with Gasteiger partial charge in [0, 0.05) is 54.5 Å². The normalized spacial score (nSPS) is 14.9. The summed E-state index contributed by atoms with van der Waals surface area (Å²) in [6.07, 6.45) is 3.46. The number of pyridine rings is 1. The summed E-state index contributed by atoms with van der Waals surface area (Å²) in [6.45, 7) is 1.15. The maximum absolute atomic E-state index is 13.4. The number of benzene rings is 3. The molecule has 0 saturated carbocycles. The third kappa shape index (κ3) is 4.30. The highest BCUT2D eigenvalue weighted by atomic mass is 35.5. The van der Waals surface area contributed by atoms with Gasteiger partial charge < -0.3 is 4.90 Å². The van der Waals surface area contributed by atoms with Gasteiger partial charge in [-0.1, -0.05) is 41.9 Å². The molecule has 8 heteroatoms. The zero-order chi connectivity index (χ0) is 23.7. The largest absolute Gasteiger partial charge is 0.336 e. The lowest BCUT2D eigenvalue weighted by Gasteiger charge is -2.34. The number of aromatic nitrogens is 1. The molecule has 0 bridgehead atoms. The van der Waals surface area contributed by atoms with Crippen molar-refractivity contribution in [2.45, 2.75) is 4.90 Å². The smallest absolute Gasteiger partial charge is 0.253 e. The van der Waals surface area contributed by atoms with Gasteiger partial charge in [0.05, 0.1) is 4.90 Å². The molecular weight excluding hydrogens is 470 g/mol. The molecule has 0 aliphatic carbocycles. The first-order chi connectivity index (χ1) is 16.4. The lowest BCUT2D eigenvalue weighted by Crippen LogP contribution is -2.50. The van der Waals surface area contributed by atoms with Gasteiger partial charge in [-0.05, 0) is 59.0 Å². The van der Waals surface area contributed by atoms with E-state index in [9.17, 15) is 13.2 Å². The molecule has 3 aromatic carbocycles. The van der Waals surface area contributed by atoms with Gasteiger partial charge in [-0.15, -0.1) is 0 Å². The minimum atomic E-state index is -3.70. The number of halogens is 1. The highest BCUT2D eigenvalue weighted by Crippen LogP contribution is 2.28. The molecule has 0 unspecified atom stereocenters. The lowest BCUT2D eigenvalue weighted by molar-refractivity contribution is 0.0698. The van der Waals surface area contributed by atoms with Crippen LogP contribution in [0.3, 0.4) is 0 Å². The number of fused-ring (bicyclic) bond motifs is 1. The predicted molar refractivity (Wildman–Crippen MR) is 133 cm³/mol. The summed E-state index contributed by atoms with van der Waals surface area (Å²) in [5, 5.41) is 1.97. The van der Waals surface area contributed by atoms with Gasteiger partial charge in [-0.3, -0.25) is 9.78 Å². The molecule has 1 aromatic heterocycles. The molecule has 1 aliphatic rings. The van der Waals surface area contributed by atoms with E-state index in [0.717, 1.165) is 16.5 Å². The fourth-order valence-corrected chi connectivity index (χ4v) is 6.07. The fraction of sp³-hybridized carbons (Fsp3) is 0.154. The molecule has 6 nitrogen and oxygen atoms in total. The Bertz CT molecular complexity index is 1450. The Kier molecular flexibility index (Phi) is 6.08. The van der Waals surface area contributed by atoms with E-state index in [1.807, 2.05) is 42.5 Å². The Morgan fingerprint density at radius 3 is 2.21 bits per heavy atom. The van der Waals surface area contributed by atoms with Crippen LogP contribution in [0.2, 0.25) is 5.02 Å². The molecule has 34 heavy (non-hydrogen) atoms. The Morgan fingerprint density at radius 1 is 0.824 bits per heavy atom.